The van der Waals surface area contributed by atoms with Gasteiger partial charge in [0.2, 0.25) is 0 Å². The molecule has 2 aromatic rings. The first-order chi connectivity index (χ1) is 11.6. The molecular formula is C18H19NO5. The summed E-state index contributed by atoms with van der Waals surface area (Å²) in [5.74, 6) is 0.0215. The highest BCUT2D eigenvalue weighted by atomic mass is 16.6. The van der Waals surface area contributed by atoms with E-state index in [-0.39, 0.29) is 6.61 Å². The van der Waals surface area contributed by atoms with E-state index < -0.39 is 18.5 Å². The zero-order valence-electron chi connectivity index (χ0n) is 13.6. The van der Waals surface area contributed by atoms with Crippen LogP contribution in [-0.4, -0.2) is 32.2 Å². The molecule has 0 atom stereocenters. The van der Waals surface area contributed by atoms with Gasteiger partial charge in [0, 0.05) is 0 Å². The van der Waals surface area contributed by atoms with Crippen LogP contribution in [0.15, 0.2) is 48.5 Å². The van der Waals surface area contributed by atoms with Crippen molar-refractivity contribution in [3.63, 3.8) is 0 Å². The van der Waals surface area contributed by atoms with Crippen LogP contribution in [0.5, 0.6) is 11.5 Å². The third-order valence-corrected chi connectivity index (χ3v) is 3.09. The van der Waals surface area contributed by atoms with Crippen molar-refractivity contribution in [1.82, 2.24) is 0 Å². The smallest absolute Gasteiger partial charge is 0.344 e. The van der Waals surface area contributed by atoms with Crippen molar-refractivity contribution in [1.29, 1.82) is 0 Å². The molecule has 0 radical (unpaired) electrons. The Morgan fingerprint density at radius 2 is 1.79 bits per heavy atom. The molecular weight excluding hydrogens is 310 g/mol. The van der Waals surface area contributed by atoms with E-state index in [0.717, 1.165) is 5.56 Å². The minimum absolute atomic E-state index is 0.259. The lowest BCUT2D eigenvalue weighted by Crippen LogP contribution is -2.23. The van der Waals surface area contributed by atoms with Gasteiger partial charge in [-0.05, 0) is 36.8 Å². The highest BCUT2D eigenvalue weighted by molar-refractivity contribution is 5.94. The van der Waals surface area contributed by atoms with Crippen molar-refractivity contribution < 1.29 is 23.8 Å². The fourth-order valence-corrected chi connectivity index (χ4v) is 1.95. The van der Waals surface area contributed by atoms with E-state index in [0.29, 0.717) is 17.2 Å². The first kappa shape index (κ1) is 17.3. The monoisotopic (exact) mass is 329 g/mol. The molecule has 2 aromatic carbocycles. The predicted octanol–water partition coefficient (Wildman–Crippen LogP) is 2.56. The minimum atomic E-state index is -0.620. The molecule has 0 aliphatic heterocycles. The van der Waals surface area contributed by atoms with Crippen molar-refractivity contribution in [3.05, 3.63) is 54.1 Å². The van der Waals surface area contributed by atoms with Crippen molar-refractivity contribution >= 4 is 17.6 Å². The average molecular weight is 329 g/mol. The molecule has 0 saturated heterocycles. The fraction of sp³-hybridized carbons (Fsp3) is 0.222. The number of esters is 1. The van der Waals surface area contributed by atoms with Crippen LogP contribution < -0.4 is 14.8 Å². The Morgan fingerprint density at radius 3 is 2.50 bits per heavy atom. The number of carbonyl (C=O) groups excluding carboxylic acids is 2. The van der Waals surface area contributed by atoms with Crippen LogP contribution in [0.2, 0.25) is 0 Å². The molecule has 0 bridgehead atoms. The van der Waals surface area contributed by atoms with Gasteiger partial charge in [-0.1, -0.05) is 24.3 Å². The first-order valence-electron chi connectivity index (χ1n) is 7.36. The van der Waals surface area contributed by atoms with E-state index in [1.807, 2.05) is 19.1 Å². The lowest BCUT2D eigenvalue weighted by Gasteiger charge is -2.11. The second kappa shape index (κ2) is 8.57. The van der Waals surface area contributed by atoms with Crippen LogP contribution in [0.25, 0.3) is 0 Å². The first-order valence-corrected chi connectivity index (χ1v) is 7.36. The van der Waals surface area contributed by atoms with E-state index in [4.69, 9.17) is 14.2 Å². The van der Waals surface area contributed by atoms with Gasteiger partial charge in [-0.25, -0.2) is 4.79 Å². The van der Waals surface area contributed by atoms with Crippen molar-refractivity contribution in [2.75, 3.05) is 25.6 Å². The van der Waals surface area contributed by atoms with Gasteiger partial charge in [-0.15, -0.1) is 0 Å². The van der Waals surface area contributed by atoms with E-state index in [2.05, 4.69) is 5.32 Å². The summed E-state index contributed by atoms with van der Waals surface area (Å²) in [5.41, 5.74) is 1.50. The van der Waals surface area contributed by atoms with Crippen LogP contribution >= 0.6 is 0 Å². The van der Waals surface area contributed by atoms with Crippen LogP contribution in [-0.2, 0) is 14.3 Å². The Labute approximate surface area is 140 Å². The fourth-order valence-electron chi connectivity index (χ4n) is 1.95. The summed E-state index contributed by atoms with van der Waals surface area (Å²) in [7, 11) is 1.52. The molecule has 0 spiro atoms. The summed E-state index contributed by atoms with van der Waals surface area (Å²) in [6.07, 6.45) is 0. The Bertz CT molecular complexity index is 700. The number of hydrogen-bond donors (Lipinski definition) is 1. The van der Waals surface area contributed by atoms with Gasteiger partial charge in [0.15, 0.2) is 13.2 Å². The Hall–Kier alpha value is -3.02. The topological polar surface area (TPSA) is 73.9 Å². The summed E-state index contributed by atoms with van der Waals surface area (Å²) >= 11 is 0. The number of ether oxygens (including phenoxy) is 3. The quantitative estimate of drug-likeness (QED) is 0.790. The number of amides is 1. The third-order valence-electron chi connectivity index (χ3n) is 3.09. The molecule has 6 heteroatoms. The molecule has 1 amide bonds. The number of hydrogen-bond acceptors (Lipinski definition) is 5. The molecule has 6 nitrogen and oxygen atoms in total. The standard InChI is InChI=1S/C18H19NO5/c1-13-8-9-16(22-2)15(10-13)19-17(20)11-24-18(21)12-23-14-6-4-3-5-7-14/h3-10H,11-12H2,1-2H3,(H,19,20). The minimum Gasteiger partial charge on any atom is -0.495 e. The molecule has 24 heavy (non-hydrogen) atoms. The molecule has 2 rings (SSSR count). The van der Waals surface area contributed by atoms with Crippen LogP contribution in [0.1, 0.15) is 5.56 Å². The maximum atomic E-state index is 11.9. The van der Waals surface area contributed by atoms with Gasteiger partial charge in [0.1, 0.15) is 11.5 Å². The second-order valence-electron chi connectivity index (χ2n) is 5.01. The Kier molecular flexibility index (Phi) is 6.19. The average Bonchev–Trinajstić information content (AvgIpc) is 2.59. The molecule has 0 aromatic heterocycles. The van der Waals surface area contributed by atoms with E-state index in [9.17, 15) is 9.59 Å². The Morgan fingerprint density at radius 1 is 1.04 bits per heavy atom. The normalized spacial score (nSPS) is 9.92. The zero-order chi connectivity index (χ0) is 17.4. The molecule has 126 valence electrons. The van der Waals surface area contributed by atoms with Gasteiger partial charge in [-0.2, -0.15) is 0 Å². The molecule has 0 saturated carbocycles. The van der Waals surface area contributed by atoms with Gasteiger partial charge in [0.05, 0.1) is 12.8 Å². The van der Waals surface area contributed by atoms with Gasteiger partial charge >= 0.3 is 5.97 Å². The van der Waals surface area contributed by atoms with Crippen LogP contribution in [0, 0.1) is 6.92 Å². The van der Waals surface area contributed by atoms with E-state index >= 15 is 0 Å². The summed E-state index contributed by atoms with van der Waals surface area (Å²) in [5, 5.41) is 2.65. The predicted molar refractivity (Wildman–Crippen MR) is 89.3 cm³/mol. The molecule has 0 heterocycles. The second-order valence-corrected chi connectivity index (χ2v) is 5.01. The number of rotatable bonds is 7. The molecule has 0 unspecified atom stereocenters. The van der Waals surface area contributed by atoms with Crippen molar-refractivity contribution in [3.8, 4) is 11.5 Å². The highest BCUT2D eigenvalue weighted by Crippen LogP contribution is 2.24. The Balaban J connectivity index is 1.78. The number of nitrogens with one attached hydrogen (secondary N) is 1. The van der Waals surface area contributed by atoms with Crippen molar-refractivity contribution in [2.24, 2.45) is 0 Å². The van der Waals surface area contributed by atoms with E-state index in [1.165, 1.54) is 7.11 Å². The largest absolute Gasteiger partial charge is 0.495 e. The number of carbonyl (C=O) groups is 2. The number of benzene rings is 2. The number of para-hydroxylation sites is 1. The third kappa shape index (κ3) is 5.31. The van der Waals surface area contributed by atoms with Crippen LogP contribution in [0.4, 0.5) is 5.69 Å². The molecule has 0 fully saturated rings. The van der Waals surface area contributed by atoms with Crippen molar-refractivity contribution in [2.45, 2.75) is 6.92 Å². The van der Waals surface area contributed by atoms with E-state index in [1.54, 1.807) is 36.4 Å². The maximum absolute atomic E-state index is 11.9. The number of anilines is 1. The lowest BCUT2D eigenvalue weighted by molar-refractivity contribution is -0.149. The lowest BCUT2D eigenvalue weighted by atomic mass is 10.2. The number of aryl methyl sites for hydroxylation is 1. The number of methoxy groups -OCH3 is 1. The molecule has 0 aliphatic rings. The zero-order valence-corrected chi connectivity index (χ0v) is 13.6. The van der Waals surface area contributed by atoms with Crippen LogP contribution in [0.3, 0.4) is 0 Å². The molecule has 1 N–H and O–H groups in total. The summed E-state index contributed by atoms with van der Waals surface area (Å²) in [6.45, 7) is 1.25. The SMILES string of the molecule is COc1ccc(C)cc1NC(=O)COC(=O)COc1ccccc1. The summed E-state index contributed by atoms with van der Waals surface area (Å²) < 4.78 is 15.3. The van der Waals surface area contributed by atoms with Gasteiger partial charge < -0.3 is 19.5 Å². The van der Waals surface area contributed by atoms with Gasteiger partial charge in [-0.3, -0.25) is 4.79 Å². The van der Waals surface area contributed by atoms with Gasteiger partial charge in [0.25, 0.3) is 5.91 Å². The summed E-state index contributed by atoms with van der Waals surface area (Å²) in [6, 6.07) is 14.3. The highest BCUT2D eigenvalue weighted by Gasteiger charge is 2.11. The maximum Gasteiger partial charge on any atom is 0.344 e. The summed E-state index contributed by atoms with van der Waals surface area (Å²) in [4.78, 5) is 23.5. The molecule has 0 aliphatic carbocycles.